The van der Waals surface area contributed by atoms with Gasteiger partial charge in [0.15, 0.2) is 0 Å². The lowest BCUT2D eigenvalue weighted by Crippen LogP contribution is -2.25. The maximum Gasteiger partial charge on any atom is 0.0465 e. The van der Waals surface area contributed by atoms with Crippen LogP contribution in [0.15, 0.2) is 48.5 Å². The summed E-state index contributed by atoms with van der Waals surface area (Å²) in [4.78, 5) is 2.25. The molecule has 0 aliphatic heterocycles. The number of halogens is 3. The molecule has 0 aliphatic carbocycles. The fourth-order valence-corrected chi connectivity index (χ4v) is 2.84. The third-order valence-electron chi connectivity index (χ3n) is 3.09. The van der Waals surface area contributed by atoms with E-state index in [1.807, 2.05) is 36.4 Å². The van der Waals surface area contributed by atoms with Crippen molar-refractivity contribution in [2.75, 3.05) is 12.4 Å². The molecule has 20 heavy (non-hydrogen) atoms. The minimum Gasteiger partial charge on any atom is -0.294 e. The molecule has 0 fully saturated rings. The van der Waals surface area contributed by atoms with Gasteiger partial charge in [0.25, 0.3) is 0 Å². The van der Waals surface area contributed by atoms with Crippen molar-refractivity contribution in [1.29, 1.82) is 0 Å². The van der Waals surface area contributed by atoms with Crippen molar-refractivity contribution in [3.05, 3.63) is 69.7 Å². The highest BCUT2D eigenvalue weighted by atomic mass is 35.5. The molecule has 2 aromatic carbocycles. The molecule has 0 heterocycles. The van der Waals surface area contributed by atoms with Crippen LogP contribution in [0.4, 0.5) is 0 Å². The summed E-state index contributed by atoms with van der Waals surface area (Å²) in [7, 11) is 0. The molecule has 0 aromatic heterocycles. The van der Waals surface area contributed by atoms with Crippen molar-refractivity contribution in [2.45, 2.75) is 13.1 Å². The van der Waals surface area contributed by atoms with Crippen LogP contribution in [0.2, 0.25) is 10.0 Å². The standard InChI is InChI=1S/C16H16Cl3N/c17-9-10-20(11-13-5-2-1-3-6-13)12-14-15(18)7-4-8-16(14)19/h1-8H,9-12H2. The minimum absolute atomic E-state index is 0.578. The molecule has 4 heteroatoms. The second kappa shape index (κ2) is 7.90. The Morgan fingerprint density at radius 3 is 2.05 bits per heavy atom. The Balaban J connectivity index is 2.13. The van der Waals surface area contributed by atoms with E-state index in [2.05, 4.69) is 17.0 Å². The molecule has 0 saturated heterocycles. The van der Waals surface area contributed by atoms with Crippen LogP contribution in [0.25, 0.3) is 0 Å². The summed E-state index contributed by atoms with van der Waals surface area (Å²) in [5.41, 5.74) is 2.21. The van der Waals surface area contributed by atoms with Crippen LogP contribution in [0.1, 0.15) is 11.1 Å². The Hall–Kier alpha value is -0.730. The van der Waals surface area contributed by atoms with E-state index in [0.717, 1.165) is 18.7 Å². The SMILES string of the molecule is ClCCN(Cc1ccccc1)Cc1c(Cl)cccc1Cl. The van der Waals surface area contributed by atoms with Gasteiger partial charge in [-0.3, -0.25) is 4.90 Å². The fourth-order valence-electron chi connectivity index (χ4n) is 2.08. The second-order valence-corrected chi connectivity index (χ2v) is 5.78. The summed E-state index contributed by atoms with van der Waals surface area (Å²) in [6.07, 6.45) is 0. The first kappa shape index (κ1) is 15.7. The molecule has 0 amide bonds. The van der Waals surface area contributed by atoms with Crippen LogP contribution in [0.5, 0.6) is 0 Å². The third-order valence-corrected chi connectivity index (χ3v) is 3.97. The highest BCUT2D eigenvalue weighted by Crippen LogP contribution is 2.26. The van der Waals surface area contributed by atoms with Crippen LogP contribution in [-0.4, -0.2) is 17.3 Å². The molecular formula is C16H16Cl3N. The lowest BCUT2D eigenvalue weighted by Gasteiger charge is -2.22. The van der Waals surface area contributed by atoms with Crippen LogP contribution >= 0.6 is 34.8 Å². The number of rotatable bonds is 6. The zero-order valence-corrected chi connectivity index (χ0v) is 13.3. The lowest BCUT2D eigenvalue weighted by molar-refractivity contribution is 0.273. The van der Waals surface area contributed by atoms with Crippen LogP contribution in [0.3, 0.4) is 0 Å². The van der Waals surface area contributed by atoms with Crippen LogP contribution < -0.4 is 0 Å². The largest absolute Gasteiger partial charge is 0.294 e. The molecule has 2 aromatic rings. The smallest absolute Gasteiger partial charge is 0.0465 e. The highest BCUT2D eigenvalue weighted by molar-refractivity contribution is 6.35. The molecule has 0 saturated carbocycles. The first-order valence-corrected chi connectivity index (χ1v) is 7.75. The predicted octanol–water partition coefficient (Wildman–Crippen LogP) is 5.23. The number of hydrogen-bond donors (Lipinski definition) is 0. The van der Waals surface area contributed by atoms with E-state index in [4.69, 9.17) is 34.8 Å². The summed E-state index contributed by atoms with van der Waals surface area (Å²) < 4.78 is 0. The summed E-state index contributed by atoms with van der Waals surface area (Å²) in [5.74, 6) is 0.578. The molecule has 0 unspecified atom stereocenters. The number of nitrogens with zero attached hydrogens (tertiary/aromatic N) is 1. The summed E-state index contributed by atoms with van der Waals surface area (Å²) in [6, 6.07) is 15.9. The van der Waals surface area contributed by atoms with Crippen molar-refractivity contribution in [1.82, 2.24) is 4.90 Å². The van der Waals surface area contributed by atoms with Crippen LogP contribution in [-0.2, 0) is 13.1 Å². The molecule has 1 nitrogen and oxygen atoms in total. The zero-order chi connectivity index (χ0) is 14.4. The molecule has 0 aliphatic rings. The van der Waals surface area contributed by atoms with Gasteiger partial charge in [0, 0.05) is 41.1 Å². The molecule has 0 N–H and O–H groups in total. The number of alkyl halides is 1. The molecule has 0 bridgehead atoms. The van der Waals surface area contributed by atoms with Gasteiger partial charge < -0.3 is 0 Å². The average molecular weight is 329 g/mol. The molecule has 0 atom stereocenters. The predicted molar refractivity (Wildman–Crippen MR) is 87.7 cm³/mol. The van der Waals surface area contributed by atoms with Gasteiger partial charge in [-0.05, 0) is 17.7 Å². The first-order chi connectivity index (χ1) is 9.70. The summed E-state index contributed by atoms with van der Waals surface area (Å²) in [6.45, 7) is 2.31. The van der Waals surface area contributed by atoms with E-state index < -0.39 is 0 Å². The molecule has 0 spiro atoms. The van der Waals surface area contributed by atoms with E-state index in [1.54, 1.807) is 0 Å². The summed E-state index contributed by atoms with van der Waals surface area (Å²) >= 11 is 18.4. The van der Waals surface area contributed by atoms with E-state index in [1.165, 1.54) is 5.56 Å². The summed E-state index contributed by atoms with van der Waals surface area (Å²) in [5, 5.41) is 1.40. The van der Waals surface area contributed by atoms with Crippen molar-refractivity contribution in [3.63, 3.8) is 0 Å². The lowest BCUT2D eigenvalue weighted by atomic mass is 10.1. The van der Waals surface area contributed by atoms with Gasteiger partial charge in [0.2, 0.25) is 0 Å². The maximum atomic E-state index is 6.23. The van der Waals surface area contributed by atoms with Gasteiger partial charge in [0.05, 0.1) is 0 Å². The molecule has 106 valence electrons. The minimum atomic E-state index is 0.578. The Morgan fingerprint density at radius 1 is 0.800 bits per heavy atom. The van der Waals surface area contributed by atoms with Gasteiger partial charge in [-0.15, -0.1) is 11.6 Å². The Labute approximate surface area is 135 Å². The van der Waals surface area contributed by atoms with Gasteiger partial charge in [-0.2, -0.15) is 0 Å². The first-order valence-electron chi connectivity index (χ1n) is 6.46. The van der Waals surface area contributed by atoms with E-state index >= 15 is 0 Å². The van der Waals surface area contributed by atoms with Crippen LogP contribution in [0, 0.1) is 0 Å². The topological polar surface area (TPSA) is 3.24 Å². The molecule has 2 rings (SSSR count). The van der Waals surface area contributed by atoms with Gasteiger partial charge >= 0.3 is 0 Å². The Bertz CT molecular complexity index is 522. The third kappa shape index (κ3) is 4.39. The number of hydrogen-bond acceptors (Lipinski definition) is 1. The van der Waals surface area contributed by atoms with E-state index in [9.17, 15) is 0 Å². The van der Waals surface area contributed by atoms with Gasteiger partial charge in [-0.25, -0.2) is 0 Å². The van der Waals surface area contributed by atoms with Crippen molar-refractivity contribution in [2.24, 2.45) is 0 Å². The second-order valence-electron chi connectivity index (χ2n) is 4.59. The quantitative estimate of drug-likeness (QED) is 0.656. The highest BCUT2D eigenvalue weighted by Gasteiger charge is 2.11. The average Bonchev–Trinajstić information content (AvgIpc) is 2.44. The van der Waals surface area contributed by atoms with Crippen molar-refractivity contribution >= 4 is 34.8 Å². The van der Waals surface area contributed by atoms with Gasteiger partial charge in [-0.1, -0.05) is 59.6 Å². The Morgan fingerprint density at radius 2 is 1.45 bits per heavy atom. The van der Waals surface area contributed by atoms with Crippen molar-refractivity contribution in [3.8, 4) is 0 Å². The van der Waals surface area contributed by atoms with E-state index in [-0.39, 0.29) is 0 Å². The normalized spacial score (nSPS) is 11.0. The fraction of sp³-hybridized carbons (Fsp3) is 0.250. The zero-order valence-electron chi connectivity index (χ0n) is 11.0. The molecular weight excluding hydrogens is 313 g/mol. The maximum absolute atomic E-state index is 6.23. The Kier molecular flexibility index (Phi) is 6.18. The van der Waals surface area contributed by atoms with Gasteiger partial charge in [0.1, 0.15) is 0 Å². The van der Waals surface area contributed by atoms with Crippen molar-refractivity contribution < 1.29 is 0 Å². The number of benzene rings is 2. The van der Waals surface area contributed by atoms with E-state index in [0.29, 0.717) is 22.5 Å². The molecule has 0 radical (unpaired) electrons. The monoisotopic (exact) mass is 327 g/mol.